The number of hydrazine groups is 1. The van der Waals surface area contributed by atoms with Gasteiger partial charge in [-0.05, 0) is 7.05 Å². The zero-order valence-corrected chi connectivity index (χ0v) is 4.52. The zero-order valence-electron chi connectivity index (χ0n) is 4.52. The Morgan fingerprint density at radius 1 is 1.71 bits per heavy atom. The topological polar surface area (TPSA) is 41.3 Å². The number of nitrogens with two attached hydrogens (primary N) is 1. The summed E-state index contributed by atoms with van der Waals surface area (Å²) in [5.74, 6) is 5.12. The lowest BCUT2D eigenvalue weighted by molar-refractivity contribution is 0.163. The van der Waals surface area contributed by atoms with Crippen LogP contribution < -0.4 is 11.3 Å². The molecule has 0 radical (unpaired) electrons. The van der Waals surface area contributed by atoms with Gasteiger partial charge in [0.2, 0.25) is 0 Å². The van der Waals surface area contributed by atoms with E-state index in [4.69, 9.17) is 5.84 Å². The Morgan fingerprint density at radius 3 is 2.43 bits per heavy atom. The van der Waals surface area contributed by atoms with Crippen LogP contribution in [0.1, 0.15) is 0 Å². The SMILES string of the molecule is CN1CC(NN)C1. The van der Waals surface area contributed by atoms with E-state index in [1.165, 1.54) is 0 Å². The van der Waals surface area contributed by atoms with Crippen molar-refractivity contribution in [1.29, 1.82) is 0 Å². The highest BCUT2D eigenvalue weighted by molar-refractivity contribution is 4.80. The maximum atomic E-state index is 5.12. The summed E-state index contributed by atoms with van der Waals surface area (Å²) in [5.41, 5.74) is 2.69. The molecule has 3 N–H and O–H groups in total. The van der Waals surface area contributed by atoms with Crippen molar-refractivity contribution in [2.75, 3.05) is 20.1 Å². The fourth-order valence-corrected chi connectivity index (χ4v) is 0.804. The second kappa shape index (κ2) is 1.78. The molecule has 1 rings (SSSR count). The molecule has 0 spiro atoms. The Morgan fingerprint density at radius 2 is 2.29 bits per heavy atom. The molecule has 0 unspecified atom stereocenters. The summed E-state index contributed by atoms with van der Waals surface area (Å²) in [7, 11) is 2.08. The van der Waals surface area contributed by atoms with Crippen molar-refractivity contribution in [2.45, 2.75) is 6.04 Å². The molecule has 7 heavy (non-hydrogen) atoms. The minimum Gasteiger partial charge on any atom is -0.303 e. The van der Waals surface area contributed by atoms with Crippen molar-refractivity contribution in [3.63, 3.8) is 0 Å². The highest BCUT2D eigenvalue weighted by Crippen LogP contribution is 2.00. The van der Waals surface area contributed by atoms with Crippen LogP contribution in [0.25, 0.3) is 0 Å². The highest BCUT2D eigenvalue weighted by atomic mass is 15.3. The molecular weight excluding hydrogens is 90.1 g/mol. The number of likely N-dealkylation sites (tertiary alicyclic amines) is 1. The maximum Gasteiger partial charge on any atom is 0.0464 e. The summed E-state index contributed by atoms with van der Waals surface area (Å²) in [6, 6.07) is 0.546. The van der Waals surface area contributed by atoms with Crippen LogP contribution in [0.3, 0.4) is 0 Å². The first-order valence-electron chi connectivity index (χ1n) is 2.47. The third-order valence-corrected chi connectivity index (χ3v) is 1.30. The van der Waals surface area contributed by atoms with Crippen LogP contribution in [0, 0.1) is 0 Å². The molecule has 1 saturated heterocycles. The van der Waals surface area contributed by atoms with Crippen LogP contribution in [0.15, 0.2) is 0 Å². The van der Waals surface area contributed by atoms with Gasteiger partial charge in [0.25, 0.3) is 0 Å². The predicted octanol–water partition coefficient (Wildman–Crippen LogP) is -1.24. The van der Waals surface area contributed by atoms with Gasteiger partial charge >= 0.3 is 0 Å². The normalized spacial score (nSPS) is 24.9. The van der Waals surface area contributed by atoms with E-state index in [9.17, 15) is 0 Å². The summed E-state index contributed by atoms with van der Waals surface area (Å²) >= 11 is 0. The average Bonchev–Trinajstić information content (AvgIpc) is 1.58. The van der Waals surface area contributed by atoms with Crippen molar-refractivity contribution in [1.82, 2.24) is 10.3 Å². The lowest BCUT2D eigenvalue weighted by atomic mass is 10.1. The largest absolute Gasteiger partial charge is 0.303 e. The first-order valence-corrected chi connectivity index (χ1v) is 2.47. The first-order chi connectivity index (χ1) is 3.33. The van der Waals surface area contributed by atoms with Gasteiger partial charge in [-0.15, -0.1) is 0 Å². The summed E-state index contributed by atoms with van der Waals surface area (Å²) in [6.45, 7) is 2.19. The van der Waals surface area contributed by atoms with E-state index in [0.717, 1.165) is 13.1 Å². The molecule has 1 heterocycles. The molecule has 1 aliphatic rings. The molecule has 0 aromatic carbocycles. The Bertz CT molecular complexity index is 58.0. The number of nitrogens with one attached hydrogen (secondary N) is 1. The smallest absolute Gasteiger partial charge is 0.0464 e. The van der Waals surface area contributed by atoms with Gasteiger partial charge < -0.3 is 4.90 Å². The van der Waals surface area contributed by atoms with Crippen molar-refractivity contribution >= 4 is 0 Å². The van der Waals surface area contributed by atoms with E-state index in [-0.39, 0.29) is 0 Å². The van der Waals surface area contributed by atoms with Gasteiger partial charge in [-0.2, -0.15) is 0 Å². The highest BCUT2D eigenvalue weighted by Gasteiger charge is 2.20. The second-order valence-corrected chi connectivity index (χ2v) is 2.08. The van der Waals surface area contributed by atoms with Gasteiger partial charge in [-0.1, -0.05) is 0 Å². The molecule has 0 aromatic heterocycles. The van der Waals surface area contributed by atoms with Crippen molar-refractivity contribution in [3.05, 3.63) is 0 Å². The van der Waals surface area contributed by atoms with Crippen molar-refractivity contribution in [3.8, 4) is 0 Å². The standard InChI is InChI=1S/C4H11N3/c1-7-2-4(3-7)6-5/h4,6H,2-3,5H2,1H3. The number of hydrogen-bond acceptors (Lipinski definition) is 3. The van der Waals surface area contributed by atoms with Gasteiger partial charge in [0, 0.05) is 19.1 Å². The van der Waals surface area contributed by atoms with Crippen LogP contribution >= 0.6 is 0 Å². The molecule has 1 aliphatic heterocycles. The molecule has 0 saturated carbocycles. The minimum absolute atomic E-state index is 0.546. The lowest BCUT2D eigenvalue weighted by Crippen LogP contribution is -2.58. The molecule has 0 bridgehead atoms. The van der Waals surface area contributed by atoms with Crippen LogP contribution in [0.4, 0.5) is 0 Å². The Hall–Kier alpha value is -0.120. The third kappa shape index (κ3) is 0.907. The van der Waals surface area contributed by atoms with E-state index >= 15 is 0 Å². The van der Waals surface area contributed by atoms with E-state index in [1.807, 2.05) is 0 Å². The number of likely N-dealkylation sites (N-methyl/N-ethyl adjacent to an activating group) is 1. The minimum atomic E-state index is 0.546. The molecule has 0 aliphatic carbocycles. The van der Waals surface area contributed by atoms with Crippen molar-refractivity contribution < 1.29 is 0 Å². The summed E-state index contributed by atoms with van der Waals surface area (Å²) < 4.78 is 0. The summed E-state index contributed by atoms with van der Waals surface area (Å²) in [4.78, 5) is 2.21. The molecule has 42 valence electrons. The molecule has 0 atom stereocenters. The quantitative estimate of drug-likeness (QED) is 0.321. The lowest BCUT2D eigenvalue weighted by Gasteiger charge is -2.35. The second-order valence-electron chi connectivity index (χ2n) is 2.08. The third-order valence-electron chi connectivity index (χ3n) is 1.30. The monoisotopic (exact) mass is 101 g/mol. The van der Waals surface area contributed by atoms with Gasteiger partial charge in [0.1, 0.15) is 0 Å². The molecule has 0 aromatic rings. The Balaban J connectivity index is 2.06. The maximum absolute atomic E-state index is 5.12. The fraction of sp³-hybridized carbons (Fsp3) is 1.00. The molecular formula is C4H11N3. The van der Waals surface area contributed by atoms with Crippen LogP contribution in [0.5, 0.6) is 0 Å². The molecule has 0 amide bonds. The summed E-state index contributed by atoms with van der Waals surface area (Å²) in [5, 5.41) is 0. The van der Waals surface area contributed by atoms with Gasteiger partial charge in [-0.25, -0.2) is 0 Å². The van der Waals surface area contributed by atoms with E-state index in [0.29, 0.717) is 6.04 Å². The molecule has 1 fully saturated rings. The Labute approximate surface area is 43.4 Å². The Kier molecular flexibility index (Phi) is 1.27. The van der Waals surface area contributed by atoms with Crippen LogP contribution in [-0.4, -0.2) is 31.1 Å². The molecule has 3 nitrogen and oxygen atoms in total. The molecule has 3 heteroatoms. The van der Waals surface area contributed by atoms with E-state index < -0.39 is 0 Å². The predicted molar refractivity (Wildman–Crippen MR) is 28.6 cm³/mol. The van der Waals surface area contributed by atoms with Gasteiger partial charge in [-0.3, -0.25) is 11.3 Å². The zero-order chi connectivity index (χ0) is 5.28. The number of nitrogens with zero attached hydrogens (tertiary/aromatic N) is 1. The summed E-state index contributed by atoms with van der Waals surface area (Å²) in [6.07, 6.45) is 0. The first kappa shape index (κ1) is 5.03. The number of hydrogen-bond donors (Lipinski definition) is 2. The van der Waals surface area contributed by atoms with Crippen LogP contribution in [0.2, 0.25) is 0 Å². The van der Waals surface area contributed by atoms with Gasteiger partial charge in [0.05, 0.1) is 0 Å². The number of rotatable bonds is 1. The van der Waals surface area contributed by atoms with Crippen LogP contribution in [-0.2, 0) is 0 Å². The van der Waals surface area contributed by atoms with E-state index in [1.54, 1.807) is 0 Å². The van der Waals surface area contributed by atoms with Crippen molar-refractivity contribution in [2.24, 2.45) is 5.84 Å². The average molecular weight is 101 g/mol. The fourth-order valence-electron chi connectivity index (χ4n) is 0.804. The van der Waals surface area contributed by atoms with Gasteiger partial charge in [0.15, 0.2) is 0 Å². The van der Waals surface area contributed by atoms with E-state index in [2.05, 4.69) is 17.4 Å².